The molecule has 5 aromatic heterocycles. The first-order chi connectivity index (χ1) is 34.8. The number of likely N-dealkylation sites (tertiary alicyclic amines) is 1. The molecule has 17 nitrogen and oxygen atoms in total. The predicted molar refractivity (Wildman–Crippen MR) is 266 cm³/mol. The number of hydrogen-bond acceptors (Lipinski definition) is 16. The summed E-state index contributed by atoms with van der Waals surface area (Å²) in [4.78, 5) is 49.1. The van der Waals surface area contributed by atoms with E-state index >= 15 is 4.39 Å². The Bertz CT molecular complexity index is 3170. The molecule has 8 heterocycles. The van der Waals surface area contributed by atoms with Crippen molar-refractivity contribution in [2.75, 3.05) is 50.0 Å². The van der Waals surface area contributed by atoms with Crippen LogP contribution in [0, 0.1) is 28.0 Å². The number of halogens is 1. The van der Waals surface area contributed by atoms with Crippen molar-refractivity contribution in [2.24, 2.45) is 17.9 Å². The van der Waals surface area contributed by atoms with Gasteiger partial charge in [0.25, 0.3) is 0 Å². The van der Waals surface area contributed by atoms with Crippen LogP contribution in [0.3, 0.4) is 0 Å². The molecule has 3 N–H and O–H groups in total. The second-order valence-electron chi connectivity index (χ2n) is 21.7. The molecule has 2 atom stereocenters. The van der Waals surface area contributed by atoms with Crippen molar-refractivity contribution in [3.63, 3.8) is 0 Å². The topological polar surface area (TPSA) is 216 Å². The monoisotopic (exact) mass is 994 g/mol. The van der Waals surface area contributed by atoms with Crippen molar-refractivity contribution in [1.82, 2.24) is 45.1 Å². The smallest absolute Gasteiger partial charge is 0.235 e. The molecule has 3 aliphatic carbocycles. The SMILES string of the molecule is CC(C)c1ncncc1Oc1cc(OCC2(CN3CCC4(CC3)CCN(c3cc5c(cc3F)c(C3CCC(=O)NC3=O)nn5C)CC4)CC2)nc(-c2noc3c2CCC[C@@]32CCCc3sc(N)c(C#N)c32)n1. The molecule has 4 fully saturated rings. The van der Waals surface area contributed by atoms with E-state index in [1.165, 1.54) is 23.7 Å². The zero-order valence-electron chi connectivity index (χ0n) is 41.1. The van der Waals surface area contributed by atoms with E-state index < -0.39 is 11.3 Å². The van der Waals surface area contributed by atoms with Gasteiger partial charge in [-0.15, -0.1) is 11.3 Å². The van der Waals surface area contributed by atoms with Gasteiger partial charge in [-0.25, -0.2) is 14.4 Å². The summed E-state index contributed by atoms with van der Waals surface area (Å²) in [6.07, 6.45) is 15.2. The van der Waals surface area contributed by atoms with Gasteiger partial charge < -0.3 is 29.5 Å². The average molecular weight is 995 g/mol. The highest BCUT2D eigenvalue weighted by molar-refractivity contribution is 7.16. The van der Waals surface area contributed by atoms with E-state index in [4.69, 9.17) is 29.7 Å². The molecule has 19 heteroatoms. The zero-order chi connectivity index (χ0) is 49.5. The Kier molecular flexibility index (Phi) is 11.6. The lowest BCUT2D eigenvalue weighted by Gasteiger charge is -2.48. The summed E-state index contributed by atoms with van der Waals surface area (Å²) in [5, 5.41) is 23.2. The number of ether oxygens (including phenoxy) is 2. The maximum Gasteiger partial charge on any atom is 0.235 e. The zero-order valence-corrected chi connectivity index (χ0v) is 41.9. The predicted octanol–water partition coefficient (Wildman–Crippen LogP) is 8.40. The summed E-state index contributed by atoms with van der Waals surface area (Å²) in [6.45, 7) is 9.08. The Morgan fingerprint density at radius 1 is 1.00 bits per heavy atom. The Hall–Kier alpha value is -6.52. The number of rotatable bonds is 11. The maximum atomic E-state index is 16.0. The summed E-state index contributed by atoms with van der Waals surface area (Å²) in [5.41, 5.74) is 11.9. The second kappa shape index (κ2) is 17.9. The molecule has 374 valence electrons. The van der Waals surface area contributed by atoms with Crippen LogP contribution in [0.5, 0.6) is 17.5 Å². The number of carbonyl (C=O) groups is 2. The van der Waals surface area contributed by atoms with E-state index in [0.717, 1.165) is 143 Å². The average Bonchev–Trinajstić information content (AvgIpc) is 3.66. The number of nitriles is 1. The number of imide groups is 1. The summed E-state index contributed by atoms with van der Waals surface area (Å²) in [6, 6.07) is 7.55. The number of carbonyl (C=O) groups excluding carboxylic acids is 2. The molecule has 1 aromatic carbocycles. The quantitative estimate of drug-likeness (QED) is 0.117. The number of benzene rings is 1. The summed E-state index contributed by atoms with van der Waals surface area (Å²) in [5.74, 6) is 0.841. The van der Waals surface area contributed by atoms with Gasteiger partial charge in [-0.2, -0.15) is 20.3 Å². The molecule has 3 saturated heterocycles. The molecule has 72 heavy (non-hydrogen) atoms. The third kappa shape index (κ3) is 8.14. The van der Waals surface area contributed by atoms with Crippen molar-refractivity contribution in [1.29, 1.82) is 5.26 Å². The Morgan fingerprint density at radius 3 is 2.51 bits per heavy atom. The fraction of sp³-hybridized carbons (Fsp3) is 0.528. The molecule has 1 saturated carbocycles. The van der Waals surface area contributed by atoms with Crippen molar-refractivity contribution in [2.45, 2.75) is 121 Å². The second-order valence-corrected chi connectivity index (χ2v) is 22.8. The third-order valence-electron chi connectivity index (χ3n) is 16.9. The normalized spacial score (nSPS) is 22.5. The Balaban J connectivity index is 0.732. The van der Waals surface area contributed by atoms with E-state index in [9.17, 15) is 14.9 Å². The van der Waals surface area contributed by atoms with E-state index in [1.807, 2.05) is 13.1 Å². The number of fused-ring (bicyclic) bond motifs is 5. The molecule has 2 spiro atoms. The summed E-state index contributed by atoms with van der Waals surface area (Å²) in [7, 11) is 1.82. The summed E-state index contributed by atoms with van der Waals surface area (Å²) < 4.78 is 37.2. The highest BCUT2D eigenvalue weighted by Crippen LogP contribution is 2.56. The van der Waals surface area contributed by atoms with Crippen molar-refractivity contribution < 1.29 is 28.0 Å². The highest BCUT2D eigenvalue weighted by Gasteiger charge is 2.50. The van der Waals surface area contributed by atoms with Crippen LogP contribution in [0.15, 0.2) is 35.2 Å². The number of piperidine rings is 3. The fourth-order valence-corrected chi connectivity index (χ4v) is 13.8. The first kappa shape index (κ1) is 46.5. The fourth-order valence-electron chi connectivity index (χ4n) is 12.7. The Labute approximate surface area is 420 Å². The van der Waals surface area contributed by atoms with Crippen molar-refractivity contribution in [3.8, 4) is 35.1 Å². The highest BCUT2D eigenvalue weighted by atomic mass is 32.1. The summed E-state index contributed by atoms with van der Waals surface area (Å²) >= 11 is 1.52. The molecule has 1 unspecified atom stereocenters. The van der Waals surface area contributed by atoms with Gasteiger partial charge in [0.2, 0.25) is 23.6 Å². The molecule has 6 aliphatic rings. The van der Waals surface area contributed by atoms with Gasteiger partial charge >= 0.3 is 0 Å². The van der Waals surface area contributed by atoms with E-state index in [2.05, 4.69) is 55.3 Å². The van der Waals surface area contributed by atoms with Gasteiger partial charge in [0.05, 0.1) is 58.4 Å². The minimum Gasteiger partial charge on any atom is -0.477 e. The van der Waals surface area contributed by atoms with Crippen LogP contribution in [0.25, 0.3) is 22.4 Å². The van der Waals surface area contributed by atoms with Crippen LogP contribution in [-0.4, -0.2) is 90.9 Å². The van der Waals surface area contributed by atoms with Crippen LogP contribution >= 0.6 is 11.3 Å². The van der Waals surface area contributed by atoms with Gasteiger partial charge in [0.1, 0.15) is 23.2 Å². The number of anilines is 2. The number of nitrogen functional groups attached to an aromatic ring is 1. The number of aryl methyl sites for hydroxylation is 2. The first-order valence-corrected chi connectivity index (χ1v) is 26.4. The van der Waals surface area contributed by atoms with Crippen LogP contribution in [0.2, 0.25) is 0 Å². The lowest BCUT2D eigenvalue weighted by Crippen LogP contribution is -2.48. The minimum absolute atomic E-state index is 0.00289. The number of hydrogen-bond donors (Lipinski definition) is 2. The van der Waals surface area contributed by atoms with Gasteiger partial charge in [0, 0.05) is 54.3 Å². The number of nitrogens with zero attached hydrogens (tertiary/aromatic N) is 10. The lowest BCUT2D eigenvalue weighted by atomic mass is 9.63. The molecule has 3 aliphatic heterocycles. The number of nitrogens with one attached hydrogen (secondary N) is 1. The maximum absolute atomic E-state index is 16.0. The number of nitrogens with two attached hydrogens (primary N) is 1. The molecule has 0 radical (unpaired) electrons. The number of aromatic nitrogens is 7. The van der Waals surface area contributed by atoms with Crippen molar-refractivity contribution >= 4 is 44.7 Å². The first-order valence-electron chi connectivity index (χ1n) is 25.6. The van der Waals surface area contributed by atoms with Gasteiger partial charge in [-0.1, -0.05) is 19.0 Å². The van der Waals surface area contributed by atoms with Crippen LogP contribution in [0.4, 0.5) is 15.1 Å². The van der Waals surface area contributed by atoms with E-state index in [1.54, 1.807) is 16.9 Å². The third-order valence-corrected chi connectivity index (χ3v) is 17.9. The Morgan fingerprint density at radius 2 is 1.76 bits per heavy atom. The molecular formula is C53H59FN12O5S. The van der Waals surface area contributed by atoms with Gasteiger partial charge in [-0.3, -0.25) is 19.6 Å². The molecule has 12 rings (SSSR count). The van der Waals surface area contributed by atoms with Crippen LogP contribution in [-0.2, 0) is 34.9 Å². The largest absolute Gasteiger partial charge is 0.477 e. The number of thiophene rings is 1. The standard InChI is InChI=1S/C53H59FN12O5S/c1-30(2)44-38(26-57-29-58-44)70-42-24-41(60-49(61-42)46-31-6-4-10-53(47(31)71-63-46)11-5-7-39-43(53)34(25-55)48(56)72-39)69-28-52(12-13-52)27-65-18-14-51(15-19-65)16-20-66(21-17-51)37-23-36-33(22-35(37)54)45(62-64(36)3)32-8-9-40(67)59-50(32)68/h22-24,26,29-30,32H,4-21,27-28,56H2,1-3H3,(H,59,67,68)/t32?,53-/m0/s1. The molecule has 6 aromatic rings. The van der Waals surface area contributed by atoms with Crippen LogP contribution < -0.4 is 25.4 Å². The molecule has 2 amide bonds. The van der Waals surface area contributed by atoms with E-state index in [0.29, 0.717) is 69.4 Å². The molecular weight excluding hydrogens is 936 g/mol. The van der Waals surface area contributed by atoms with E-state index in [-0.39, 0.29) is 40.8 Å². The van der Waals surface area contributed by atoms with Gasteiger partial charge in [0.15, 0.2) is 23.0 Å². The van der Waals surface area contributed by atoms with Gasteiger partial charge in [-0.05, 0) is 126 Å². The van der Waals surface area contributed by atoms with Crippen LogP contribution in [0.1, 0.15) is 141 Å². The minimum atomic E-state index is -0.583. The van der Waals surface area contributed by atoms with Crippen molar-refractivity contribution in [3.05, 3.63) is 75.3 Å². The lowest BCUT2D eigenvalue weighted by molar-refractivity contribution is -0.134. The molecule has 0 bridgehead atoms. The number of amides is 2.